The Morgan fingerprint density at radius 3 is 2.51 bits per heavy atom. The normalized spacial score (nSPS) is 17.3. The fourth-order valence-electron chi connectivity index (χ4n) is 3.53. The van der Waals surface area contributed by atoms with Crippen LogP contribution in [0.1, 0.15) is 18.4 Å². The lowest BCUT2D eigenvalue weighted by molar-refractivity contribution is -0.150. The maximum absolute atomic E-state index is 12.9. The van der Waals surface area contributed by atoms with Crippen molar-refractivity contribution in [2.24, 2.45) is 5.92 Å². The quantitative estimate of drug-likeness (QED) is 0.378. The van der Waals surface area contributed by atoms with E-state index in [1.54, 1.807) is 42.5 Å². The van der Waals surface area contributed by atoms with Crippen molar-refractivity contribution in [2.75, 3.05) is 24.8 Å². The number of anilines is 1. The summed E-state index contributed by atoms with van der Waals surface area (Å²) in [5, 5.41) is 16.3. The number of ether oxygens (including phenoxy) is 2. The third-order valence-electron chi connectivity index (χ3n) is 5.07. The highest BCUT2D eigenvalue weighted by Gasteiger charge is 2.44. The highest BCUT2D eigenvalue weighted by atomic mass is 35.5. The molecule has 0 unspecified atom stereocenters. The summed E-state index contributed by atoms with van der Waals surface area (Å²) in [5.41, 5.74) is 1.13. The Labute approximate surface area is 216 Å². The van der Waals surface area contributed by atoms with E-state index in [4.69, 9.17) is 32.7 Å². The average molecular weight is 534 g/mol. The van der Waals surface area contributed by atoms with Gasteiger partial charge < -0.3 is 20.1 Å². The van der Waals surface area contributed by atoms with E-state index in [1.807, 2.05) is 6.92 Å². The molecule has 1 aliphatic heterocycles. The molecule has 1 aliphatic rings. The van der Waals surface area contributed by atoms with Crippen LogP contribution < -0.4 is 15.4 Å². The van der Waals surface area contributed by atoms with Crippen molar-refractivity contribution in [3.63, 3.8) is 0 Å². The average Bonchev–Trinajstić information content (AvgIpc) is 2.84. The molecule has 0 aliphatic carbocycles. The predicted octanol–water partition coefficient (Wildman–Crippen LogP) is 4.50. The first-order chi connectivity index (χ1) is 16.8. The zero-order valence-corrected chi connectivity index (χ0v) is 21.1. The molecule has 0 saturated heterocycles. The topological polar surface area (TPSA) is 118 Å². The van der Waals surface area contributed by atoms with Crippen LogP contribution >= 0.6 is 35.0 Å². The second-order valence-corrected chi connectivity index (χ2v) is 9.12. The first-order valence-corrected chi connectivity index (χ1v) is 12.2. The number of carbonyl (C=O) groups excluding carboxylic acids is 3. The molecule has 11 heteroatoms. The lowest BCUT2D eigenvalue weighted by Crippen LogP contribution is -2.44. The van der Waals surface area contributed by atoms with Crippen LogP contribution in [0.4, 0.5) is 5.69 Å². The summed E-state index contributed by atoms with van der Waals surface area (Å²) in [6.45, 7) is 2.21. The molecule has 35 heavy (non-hydrogen) atoms. The number of benzene rings is 2. The molecule has 0 spiro atoms. The van der Waals surface area contributed by atoms with Gasteiger partial charge in [-0.25, -0.2) is 0 Å². The number of nitrogens with one attached hydrogen (secondary N) is 2. The van der Waals surface area contributed by atoms with Gasteiger partial charge in [-0.2, -0.15) is 5.26 Å². The summed E-state index contributed by atoms with van der Waals surface area (Å²) in [4.78, 5) is 37.9. The maximum Gasteiger partial charge on any atom is 0.319 e. The Morgan fingerprint density at radius 1 is 1.20 bits per heavy atom. The smallest absolute Gasteiger partial charge is 0.319 e. The van der Waals surface area contributed by atoms with Gasteiger partial charge in [-0.3, -0.25) is 14.4 Å². The van der Waals surface area contributed by atoms with Crippen molar-refractivity contribution < 1.29 is 23.9 Å². The Bertz CT molecular complexity index is 1210. The van der Waals surface area contributed by atoms with Gasteiger partial charge in [-0.05, 0) is 48.9 Å². The number of nitrogens with zero attached hydrogens (tertiary/aromatic N) is 1. The molecular weight excluding hydrogens is 513 g/mol. The molecule has 182 valence electrons. The van der Waals surface area contributed by atoms with E-state index in [9.17, 15) is 19.6 Å². The first-order valence-electron chi connectivity index (χ1n) is 10.4. The zero-order valence-electron chi connectivity index (χ0n) is 18.8. The number of methoxy groups -OCH3 is 1. The molecule has 0 bridgehead atoms. The van der Waals surface area contributed by atoms with Crippen molar-refractivity contribution in [2.45, 2.75) is 12.8 Å². The summed E-state index contributed by atoms with van der Waals surface area (Å²) in [7, 11) is 1.17. The standard InChI is InChI=1S/C24H21Cl2N3O5S/c1-3-34-18-9-4-13(10-17(18)26)20-16(11-27)23(29-22(31)21(20)24(32)33-2)35-12-19(30)28-15-7-5-14(25)6-8-15/h4-10,20-21H,3,12H2,1-2H3,(H,28,30)(H,29,31)/t20-,21-/m1/s1. The van der Waals surface area contributed by atoms with E-state index in [-0.39, 0.29) is 27.3 Å². The van der Waals surface area contributed by atoms with Crippen LogP contribution in [0.5, 0.6) is 5.75 Å². The van der Waals surface area contributed by atoms with Crippen molar-refractivity contribution in [1.29, 1.82) is 5.26 Å². The number of allylic oxidation sites excluding steroid dienone is 1. The number of amides is 2. The number of hydrogen-bond acceptors (Lipinski definition) is 7. The van der Waals surface area contributed by atoms with Crippen LogP contribution in [0.2, 0.25) is 10.0 Å². The number of hydrogen-bond donors (Lipinski definition) is 2. The van der Waals surface area contributed by atoms with Crippen LogP contribution in [0.3, 0.4) is 0 Å². The van der Waals surface area contributed by atoms with Crippen LogP contribution in [0.15, 0.2) is 53.1 Å². The Balaban J connectivity index is 1.92. The molecule has 2 amide bonds. The third kappa shape index (κ3) is 6.28. The first kappa shape index (κ1) is 26.4. The van der Waals surface area contributed by atoms with Crippen LogP contribution in [0.25, 0.3) is 0 Å². The van der Waals surface area contributed by atoms with E-state index in [0.717, 1.165) is 11.8 Å². The molecule has 0 saturated carbocycles. The Kier molecular flexibility index (Phi) is 9.04. The summed E-state index contributed by atoms with van der Waals surface area (Å²) >= 11 is 13.2. The number of halogens is 2. The monoisotopic (exact) mass is 533 g/mol. The molecule has 0 radical (unpaired) electrons. The second-order valence-electron chi connectivity index (χ2n) is 7.29. The molecule has 0 fully saturated rings. The van der Waals surface area contributed by atoms with E-state index >= 15 is 0 Å². The van der Waals surface area contributed by atoms with Gasteiger partial charge in [0.05, 0.1) is 41.2 Å². The van der Waals surface area contributed by atoms with Crippen molar-refractivity contribution in [3.05, 3.63) is 68.7 Å². The highest BCUT2D eigenvalue weighted by molar-refractivity contribution is 8.03. The summed E-state index contributed by atoms with van der Waals surface area (Å²) in [6, 6.07) is 13.5. The summed E-state index contributed by atoms with van der Waals surface area (Å²) in [5.74, 6) is -3.73. The van der Waals surface area contributed by atoms with Crippen molar-refractivity contribution in [1.82, 2.24) is 5.32 Å². The molecule has 0 aromatic heterocycles. The molecule has 8 nitrogen and oxygen atoms in total. The predicted molar refractivity (Wildman–Crippen MR) is 134 cm³/mol. The fourth-order valence-corrected chi connectivity index (χ4v) is 4.75. The van der Waals surface area contributed by atoms with Gasteiger partial charge in [-0.15, -0.1) is 0 Å². The highest BCUT2D eigenvalue weighted by Crippen LogP contribution is 2.42. The van der Waals surface area contributed by atoms with Crippen LogP contribution in [0, 0.1) is 17.2 Å². The largest absolute Gasteiger partial charge is 0.492 e. The van der Waals surface area contributed by atoms with Gasteiger partial charge >= 0.3 is 5.97 Å². The lowest BCUT2D eigenvalue weighted by atomic mass is 9.78. The molecular formula is C24H21Cl2N3O5S. The minimum absolute atomic E-state index is 0.0942. The molecule has 2 atom stereocenters. The van der Waals surface area contributed by atoms with E-state index < -0.39 is 23.7 Å². The molecule has 3 rings (SSSR count). The lowest BCUT2D eigenvalue weighted by Gasteiger charge is -2.31. The van der Waals surface area contributed by atoms with Gasteiger partial charge in [0.15, 0.2) is 0 Å². The number of esters is 1. The third-order valence-corrected chi connectivity index (χ3v) is 6.64. The number of nitriles is 1. The molecule has 1 heterocycles. The molecule has 2 aromatic carbocycles. The van der Waals surface area contributed by atoms with E-state index in [0.29, 0.717) is 28.6 Å². The molecule has 2 aromatic rings. The van der Waals surface area contributed by atoms with Crippen LogP contribution in [-0.2, 0) is 19.1 Å². The fraction of sp³-hybridized carbons (Fsp3) is 0.250. The SMILES string of the molecule is CCOc1ccc([C@@H]2C(C#N)=C(SCC(=O)Nc3ccc(Cl)cc3)NC(=O)[C@@H]2C(=O)OC)cc1Cl. The Morgan fingerprint density at radius 2 is 1.91 bits per heavy atom. The minimum Gasteiger partial charge on any atom is -0.492 e. The molecule has 2 N–H and O–H groups in total. The Hall–Kier alpha value is -3.19. The van der Waals surface area contributed by atoms with Gasteiger partial charge in [0.25, 0.3) is 0 Å². The van der Waals surface area contributed by atoms with Crippen molar-refractivity contribution >= 4 is 58.4 Å². The van der Waals surface area contributed by atoms with Gasteiger partial charge in [0.2, 0.25) is 11.8 Å². The van der Waals surface area contributed by atoms with Crippen molar-refractivity contribution in [3.8, 4) is 11.8 Å². The summed E-state index contributed by atoms with van der Waals surface area (Å²) in [6.07, 6.45) is 0. The number of carbonyl (C=O) groups is 3. The van der Waals surface area contributed by atoms with Gasteiger partial charge in [0, 0.05) is 16.6 Å². The zero-order chi connectivity index (χ0) is 25.5. The minimum atomic E-state index is -1.31. The summed E-state index contributed by atoms with van der Waals surface area (Å²) < 4.78 is 10.3. The number of thioether (sulfide) groups is 1. The van der Waals surface area contributed by atoms with Gasteiger partial charge in [0.1, 0.15) is 11.7 Å². The number of rotatable bonds is 8. The van der Waals surface area contributed by atoms with E-state index in [1.165, 1.54) is 7.11 Å². The van der Waals surface area contributed by atoms with Gasteiger partial charge in [-0.1, -0.05) is 41.0 Å². The maximum atomic E-state index is 12.9. The van der Waals surface area contributed by atoms with Crippen LogP contribution in [-0.4, -0.2) is 37.3 Å². The second kappa shape index (κ2) is 12.0. The van der Waals surface area contributed by atoms with E-state index in [2.05, 4.69) is 16.7 Å².